The van der Waals surface area contributed by atoms with E-state index < -0.39 is 0 Å². The Kier molecular flexibility index (Phi) is 3.49. The molecule has 20 heavy (non-hydrogen) atoms. The minimum absolute atomic E-state index is 0.540. The summed E-state index contributed by atoms with van der Waals surface area (Å²) in [5.74, 6) is 0.839. The molecular formula is C17H23ClN2. The first-order valence-electron chi connectivity index (χ1n) is 8.07. The van der Waals surface area contributed by atoms with Crippen LogP contribution in [0.15, 0.2) is 24.3 Å². The molecule has 3 heteroatoms. The first-order valence-corrected chi connectivity index (χ1v) is 8.44. The molecule has 0 spiro atoms. The summed E-state index contributed by atoms with van der Waals surface area (Å²) in [6.07, 6.45) is 6.85. The fraction of sp³-hybridized carbons (Fsp3) is 0.647. The van der Waals surface area contributed by atoms with E-state index in [4.69, 9.17) is 11.6 Å². The molecule has 3 aliphatic rings. The van der Waals surface area contributed by atoms with Crippen LogP contribution in [0.3, 0.4) is 0 Å². The molecule has 3 atom stereocenters. The number of halogens is 1. The highest BCUT2D eigenvalue weighted by atomic mass is 35.5. The monoisotopic (exact) mass is 290 g/mol. The largest absolute Gasteiger partial charge is 0.305 e. The molecule has 1 aromatic rings. The molecule has 0 bridgehead atoms. The molecule has 1 aromatic carbocycles. The fourth-order valence-corrected chi connectivity index (χ4v) is 4.24. The highest BCUT2D eigenvalue weighted by Crippen LogP contribution is 2.42. The molecule has 0 aromatic heterocycles. The van der Waals surface area contributed by atoms with Gasteiger partial charge in [-0.3, -0.25) is 4.90 Å². The summed E-state index contributed by atoms with van der Waals surface area (Å²) in [7, 11) is 0. The summed E-state index contributed by atoms with van der Waals surface area (Å²) in [6, 6.07) is 10.5. The average molecular weight is 291 g/mol. The first-order chi connectivity index (χ1) is 9.81. The van der Waals surface area contributed by atoms with E-state index in [1.807, 2.05) is 12.1 Å². The van der Waals surface area contributed by atoms with Crippen LogP contribution < -0.4 is 5.32 Å². The summed E-state index contributed by atoms with van der Waals surface area (Å²) in [5.41, 5.74) is 1.42. The lowest BCUT2D eigenvalue weighted by Gasteiger charge is -2.27. The van der Waals surface area contributed by atoms with Crippen molar-refractivity contribution in [3.8, 4) is 0 Å². The highest BCUT2D eigenvalue weighted by molar-refractivity contribution is 6.30. The maximum Gasteiger partial charge on any atom is 0.0406 e. The van der Waals surface area contributed by atoms with Crippen LogP contribution in [0.25, 0.3) is 0 Å². The van der Waals surface area contributed by atoms with Gasteiger partial charge in [-0.25, -0.2) is 0 Å². The zero-order valence-electron chi connectivity index (χ0n) is 11.9. The van der Waals surface area contributed by atoms with Gasteiger partial charge in [-0.15, -0.1) is 0 Å². The Morgan fingerprint density at radius 2 is 1.85 bits per heavy atom. The molecule has 2 nitrogen and oxygen atoms in total. The molecular weight excluding hydrogens is 268 g/mol. The number of nitrogens with one attached hydrogen (secondary N) is 1. The van der Waals surface area contributed by atoms with Crippen molar-refractivity contribution in [3.63, 3.8) is 0 Å². The van der Waals surface area contributed by atoms with Crippen molar-refractivity contribution in [1.82, 2.24) is 10.2 Å². The SMILES string of the molecule is Clc1ccc(C(NC2CCN3CCCC23)C2CC2)cc1. The van der Waals surface area contributed by atoms with E-state index in [1.165, 1.54) is 50.8 Å². The summed E-state index contributed by atoms with van der Waals surface area (Å²) in [5, 5.41) is 4.84. The summed E-state index contributed by atoms with van der Waals surface area (Å²) >= 11 is 6.03. The Bertz CT molecular complexity index is 468. The molecule has 0 amide bonds. The van der Waals surface area contributed by atoms with Gasteiger partial charge in [-0.05, 0) is 62.3 Å². The molecule has 2 aliphatic heterocycles. The number of hydrogen-bond acceptors (Lipinski definition) is 2. The van der Waals surface area contributed by atoms with E-state index in [0.29, 0.717) is 12.1 Å². The maximum atomic E-state index is 6.03. The molecule has 3 fully saturated rings. The van der Waals surface area contributed by atoms with Crippen molar-refractivity contribution in [1.29, 1.82) is 0 Å². The molecule has 1 N–H and O–H groups in total. The highest BCUT2D eigenvalue weighted by Gasteiger charge is 2.40. The topological polar surface area (TPSA) is 15.3 Å². The Hall–Kier alpha value is -0.570. The maximum absolute atomic E-state index is 6.03. The van der Waals surface area contributed by atoms with E-state index in [2.05, 4.69) is 22.3 Å². The summed E-state index contributed by atoms with van der Waals surface area (Å²) < 4.78 is 0. The zero-order chi connectivity index (χ0) is 13.5. The van der Waals surface area contributed by atoms with Crippen molar-refractivity contribution >= 4 is 11.6 Å². The van der Waals surface area contributed by atoms with Gasteiger partial charge < -0.3 is 5.32 Å². The van der Waals surface area contributed by atoms with Gasteiger partial charge in [0.2, 0.25) is 0 Å². The molecule has 2 saturated heterocycles. The molecule has 2 heterocycles. The number of benzene rings is 1. The zero-order valence-corrected chi connectivity index (χ0v) is 12.6. The van der Waals surface area contributed by atoms with Crippen molar-refractivity contribution in [2.75, 3.05) is 13.1 Å². The second-order valence-electron chi connectivity index (χ2n) is 6.67. The molecule has 3 unspecified atom stereocenters. The van der Waals surface area contributed by atoms with Crippen LogP contribution in [0.1, 0.15) is 43.7 Å². The van der Waals surface area contributed by atoms with Crippen molar-refractivity contribution in [2.45, 2.75) is 50.2 Å². The number of nitrogens with zero attached hydrogens (tertiary/aromatic N) is 1. The van der Waals surface area contributed by atoms with Gasteiger partial charge in [0.1, 0.15) is 0 Å². The minimum Gasteiger partial charge on any atom is -0.305 e. The van der Waals surface area contributed by atoms with Gasteiger partial charge in [0, 0.05) is 29.7 Å². The lowest BCUT2D eigenvalue weighted by molar-refractivity contribution is 0.283. The van der Waals surface area contributed by atoms with Gasteiger partial charge in [-0.2, -0.15) is 0 Å². The Morgan fingerprint density at radius 3 is 2.60 bits per heavy atom. The van der Waals surface area contributed by atoms with E-state index in [1.54, 1.807) is 0 Å². The van der Waals surface area contributed by atoms with Gasteiger partial charge in [0.15, 0.2) is 0 Å². The van der Waals surface area contributed by atoms with Gasteiger partial charge in [-0.1, -0.05) is 23.7 Å². The van der Waals surface area contributed by atoms with E-state index in [-0.39, 0.29) is 0 Å². The van der Waals surface area contributed by atoms with Crippen LogP contribution in [0.2, 0.25) is 5.02 Å². The predicted octanol–water partition coefficient (Wildman–Crippen LogP) is 3.62. The van der Waals surface area contributed by atoms with E-state index >= 15 is 0 Å². The summed E-state index contributed by atoms with van der Waals surface area (Å²) in [4.78, 5) is 2.68. The number of fused-ring (bicyclic) bond motifs is 1. The number of rotatable bonds is 4. The smallest absolute Gasteiger partial charge is 0.0406 e. The molecule has 0 radical (unpaired) electrons. The van der Waals surface area contributed by atoms with Crippen LogP contribution in [0, 0.1) is 5.92 Å². The van der Waals surface area contributed by atoms with Gasteiger partial charge in [0.25, 0.3) is 0 Å². The van der Waals surface area contributed by atoms with Crippen LogP contribution in [-0.4, -0.2) is 30.1 Å². The third-order valence-electron chi connectivity index (χ3n) is 5.32. The fourth-order valence-electron chi connectivity index (χ4n) is 4.11. The third kappa shape index (κ3) is 2.49. The van der Waals surface area contributed by atoms with Crippen molar-refractivity contribution in [3.05, 3.63) is 34.9 Å². The van der Waals surface area contributed by atoms with Crippen LogP contribution >= 0.6 is 11.6 Å². The second-order valence-corrected chi connectivity index (χ2v) is 7.11. The van der Waals surface area contributed by atoms with Crippen LogP contribution in [-0.2, 0) is 0 Å². The normalized spacial score (nSPS) is 31.4. The molecule has 1 saturated carbocycles. The van der Waals surface area contributed by atoms with Crippen molar-refractivity contribution < 1.29 is 0 Å². The Morgan fingerprint density at radius 1 is 1.05 bits per heavy atom. The van der Waals surface area contributed by atoms with Crippen molar-refractivity contribution in [2.24, 2.45) is 5.92 Å². The third-order valence-corrected chi connectivity index (χ3v) is 5.57. The summed E-state index contributed by atoms with van der Waals surface area (Å²) in [6.45, 7) is 2.61. The van der Waals surface area contributed by atoms with Crippen LogP contribution in [0.5, 0.6) is 0 Å². The molecule has 1 aliphatic carbocycles. The quantitative estimate of drug-likeness (QED) is 0.911. The van der Waals surface area contributed by atoms with Crippen LogP contribution in [0.4, 0.5) is 0 Å². The van der Waals surface area contributed by atoms with E-state index in [0.717, 1.165) is 17.0 Å². The van der Waals surface area contributed by atoms with E-state index in [9.17, 15) is 0 Å². The minimum atomic E-state index is 0.540. The van der Waals surface area contributed by atoms with Gasteiger partial charge in [0.05, 0.1) is 0 Å². The van der Waals surface area contributed by atoms with Gasteiger partial charge >= 0.3 is 0 Å². The first kappa shape index (κ1) is 13.1. The lowest BCUT2D eigenvalue weighted by atomic mass is 9.98. The molecule has 4 rings (SSSR count). The predicted molar refractivity (Wildman–Crippen MR) is 83.1 cm³/mol. The Labute approximate surface area is 126 Å². The average Bonchev–Trinajstić information content (AvgIpc) is 3.06. The lowest BCUT2D eigenvalue weighted by Crippen LogP contribution is -2.41. The molecule has 108 valence electrons. The number of hydrogen-bond donors (Lipinski definition) is 1. The second kappa shape index (κ2) is 5.32. The Balaban J connectivity index is 1.50. The standard InChI is InChI=1S/C17H23ClN2/c18-14-7-5-13(6-8-14)17(12-3-4-12)19-15-9-11-20-10-1-2-16(15)20/h5-8,12,15-17,19H,1-4,9-11H2.